The van der Waals surface area contributed by atoms with E-state index in [-0.39, 0.29) is 23.5 Å². The number of para-hydroxylation sites is 1. The number of likely N-dealkylation sites (tertiary alicyclic amines) is 1. The van der Waals surface area contributed by atoms with Crippen LogP contribution in [0, 0.1) is 5.92 Å². The van der Waals surface area contributed by atoms with Gasteiger partial charge in [0.1, 0.15) is 11.4 Å². The number of anilines is 1. The summed E-state index contributed by atoms with van der Waals surface area (Å²) in [7, 11) is 1.32. The van der Waals surface area contributed by atoms with Crippen LogP contribution in [-0.4, -0.2) is 52.1 Å². The van der Waals surface area contributed by atoms with Gasteiger partial charge in [-0.25, -0.2) is 4.79 Å². The molecule has 6 rings (SSSR count). The molecular weight excluding hydrogens is 556 g/mol. The monoisotopic (exact) mass is 588 g/mol. The topological polar surface area (TPSA) is 124 Å². The molecular formula is C35H32N4O5. The van der Waals surface area contributed by atoms with E-state index < -0.39 is 5.97 Å². The number of rotatable bonds is 7. The summed E-state index contributed by atoms with van der Waals surface area (Å²) in [4.78, 5) is 60.1. The van der Waals surface area contributed by atoms with Crippen LogP contribution in [0.4, 0.5) is 5.69 Å². The number of hydrogen-bond donors (Lipinski definition) is 3. The summed E-state index contributed by atoms with van der Waals surface area (Å²) in [5.74, 6) is -1.41. The summed E-state index contributed by atoms with van der Waals surface area (Å²) < 4.78 is 4.96. The van der Waals surface area contributed by atoms with Crippen LogP contribution in [0.3, 0.4) is 0 Å². The molecule has 0 saturated carbocycles. The molecule has 1 fully saturated rings. The molecule has 4 aromatic rings. The van der Waals surface area contributed by atoms with Gasteiger partial charge in [0, 0.05) is 57.3 Å². The lowest BCUT2D eigenvalue weighted by Crippen LogP contribution is -2.29. The first-order valence-corrected chi connectivity index (χ1v) is 14.5. The number of methoxy groups -OCH3 is 1. The van der Waals surface area contributed by atoms with Crippen molar-refractivity contribution in [2.75, 3.05) is 19.0 Å². The maximum absolute atomic E-state index is 13.8. The molecule has 1 unspecified atom stereocenters. The highest BCUT2D eigenvalue weighted by Gasteiger charge is 2.39. The van der Waals surface area contributed by atoms with Crippen molar-refractivity contribution in [1.82, 2.24) is 14.9 Å². The number of carbonyl (C=O) groups is 4. The minimum atomic E-state index is -0.487. The first-order chi connectivity index (χ1) is 21.3. The summed E-state index contributed by atoms with van der Waals surface area (Å²) in [5, 5.41) is 4.63. The molecule has 1 aliphatic carbocycles. The number of nitrogens with zero attached hydrogens (tertiary/aromatic N) is 1. The molecule has 0 spiro atoms. The van der Waals surface area contributed by atoms with Gasteiger partial charge in [0.25, 0.3) is 11.8 Å². The molecule has 3 heterocycles. The zero-order valence-corrected chi connectivity index (χ0v) is 24.7. The maximum atomic E-state index is 13.8. The average Bonchev–Trinajstić information content (AvgIpc) is 3.76. The van der Waals surface area contributed by atoms with Crippen molar-refractivity contribution >= 4 is 51.1 Å². The van der Waals surface area contributed by atoms with Crippen molar-refractivity contribution in [3.63, 3.8) is 0 Å². The van der Waals surface area contributed by atoms with E-state index in [4.69, 9.17) is 4.74 Å². The summed E-state index contributed by atoms with van der Waals surface area (Å²) in [6.07, 6.45) is 8.16. The number of esters is 1. The van der Waals surface area contributed by atoms with Gasteiger partial charge in [-0.3, -0.25) is 14.4 Å². The third-order valence-electron chi connectivity index (χ3n) is 8.16. The number of H-pyrrole nitrogens is 2. The van der Waals surface area contributed by atoms with Crippen molar-refractivity contribution in [3.05, 3.63) is 113 Å². The fraction of sp³-hybridized carbons (Fsp3) is 0.200. The molecule has 0 radical (unpaired) electrons. The smallest absolute Gasteiger partial charge is 0.337 e. The highest BCUT2D eigenvalue weighted by molar-refractivity contribution is 6.09. The highest BCUT2D eigenvalue weighted by atomic mass is 16.5. The van der Waals surface area contributed by atoms with E-state index in [9.17, 15) is 19.2 Å². The van der Waals surface area contributed by atoms with Crippen LogP contribution in [0.25, 0.3) is 21.8 Å². The molecule has 2 aromatic heterocycles. The summed E-state index contributed by atoms with van der Waals surface area (Å²) >= 11 is 0. The van der Waals surface area contributed by atoms with E-state index in [1.165, 1.54) is 13.2 Å². The van der Waals surface area contributed by atoms with Crippen LogP contribution in [0.2, 0.25) is 0 Å². The Hall–Kier alpha value is -5.44. The van der Waals surface area contributed by atoms with Gasteiger partial charge in [-0.1, -0.05) is 37.3 Å². The number of aromatic nitrogens is 2. The lowest BCUT2D eigenvalue weighted by atomic mass is 9.84. The van der Waals surface area contributed by atoms with Crippen LogP contribution in [0.15, 0.2) is 101 Å². The average molecular weight is 589 g/mol. The Labute approximate surface area is 254 Å². The third-order valence-corrected chi connectivity index (χ3v) is 8.16. The lowest BCUT2D eigenvalue weighted by Gasteiger charge is -2.25. The minimum absolute atomic E-state index is 0.196. The van der Waals surface area contributed by atoms with Crippen molar-refractivity contribution in [2.45, 2.75) is 26.7 Å². The van der Waals surface area contributed by atoms with Crippen molar-refractivity contribution in [2.24, 2.45) is 5.92 Å². The predicted molar refractivity (Wildman–Crippen MR) is 169 cm³/mol. The first kappa shape index (κ1) is 28.7. The van der Waals surface area contributed by atoms with Crippen molar-refractivity contribution in [3.8, 4) is 0 Å². The first-order valence-electron chi connectivity index (χ1n) is 14.5. The Morgan fingerprint density at radius 3 is 2.55 bits per heavy atom. The Kier molecular flexibility index (Phi) is 7.61. The number of ether oxygens (including phenoxy) is 1. The SMILES string of the molecule is CC/C=C/C(=C\C1=C(C)C(=O)C=C2C1CCN2C(=O)c1cc2cc(NC(=O)c3cc4ccccc4[nH]3)ccc2[nH]1)C(=O)OC. The molecule has 2 aliphatic rings. The number of ketones is 1. The Morgan fingerprint density at radius 1 is 1.02 bits per heavy atom. The summed E-state index contributed by atoms with van der Waals surface area (Å²) in [6.45, 7) is 4.14. The minimum Gasteiger partial charge on any atom is -0.465 e. The second kappa shape index (κ2) is 11.7. The zero-order valence-electron chi connectivity index (χ0n) is 24.7. The molecule has 44 heavy (non-hydrogen) atoms. The second-order valence-electron chi connectivity index (χ2n) is 10.9. The van der Waals surface area contributed by atoms with Gasteiger partial charge in [0.15, 0.2) is 5.78 Å². The van der Waals surface area contributed by atoms with Gasteiger partial charge in [-0.05, 0) is 67.8 Å². The van der Waals surface area contributed by atoms with Crippen LogP contribution < -0.4 is 5.32 Å². The molecule has 9 heteroatoms. The van der Waals surface area contributed by atoms with Gasteiger partial charge in [-0.15, -0.1) is 0 Å². The Morgan fingerprint density at radius 2 is 1.77 bits per heavy atom. The van der Waals surface area contributed by atoms with Crippen LogP contribution >= 0.6 is 0 Å². The Bertz CT molecular complexity index is 1940. The van der Waals surface area contributed by atoms with E-state index in [0.717, 1.165) is 33.8 Å². The summed E-state index contributed by atoms with van der Waals surface area (Å²) in [6, 6.07) is 16.6. The molecule has 3 N–H and O–H groups in total. The molecule has 9 nitrogen and oxygen atoms in total. The number of amides is 2. The van der Waals surface area contributed by atoms with E-state index in [1.54, 1.807) is 42.2 Å². The molecule has 1 atom stereocenters. The van der Waals surface area contributed by atoms with E-state index in [0.29, 0.717) is 46.9 Å². The highest BCUT2D eigenvalue weighted by Crippen LogP contribution is 2.40. The number of allylic oxidation sites excluding steroid dienone is 5. The fourth-order valence-electron chi connectivity index (χ4n) is 5.86. The molecule has 2 amide bonds. The van der Waals surface area contributed by atoms with Crippen LogP contribution in [-0.2, 0) is 14.3 Å². The summed E-state index contributed by atoms with van der Waals surface area (Å²) in [5.41, 5.74) is 5.28. The maximum Gasteiger partial charge on any atom is 0.337 e. The number of nitrogens with one attached hydrogen (secondary N) is 3. The lowest BCUT2D eigenvalue weighted by molar-refractivity contribution is -0.135. The molecule has 1 saturated heterocycles. The fourth-order valence-corrected chi connectivity index (χ4v) is 5.86. The number of carbonyl (C=O) groups excluding carboxylic acids is 4. The molecule has 1 aliphatic heterocycles. The third kappa shape index (κ3) is 5.28. The normalized spacial score (nSPS) is 17.0. The van der Waals surface area contributed by atoms with Crippen LogP contribution in [0.5, 0.6) is 0 Å². The van der Waals surface area contributed by atoms with E-state index >= 15 is 0 Å². The molecule has 222 valence electrons. The number of hydrogen-bond acceptors (Lipinski definition) is 5. The number of fused-ring (bicyclic) bond motifs is 3. The van der Waals surface area contributed by atoms with Gasteiger partial charge >= 0.3 is 5.97 Å². The second-order valence-corrected chi connectivity index (χ2v) is 10.9. The number of benzene rings is 2. The van der Waals surface area contributed by atoms with Gasteiger partial charge < -0.3 is 24.9 Å². The van der Waals surface area contributed by atoms with Gasteiger partial charge in [0.2, 0.25) is 0 Å². The standard InChI is InChI=1S/C35H32N4O5/c1-4-5-8-22(35(43)44-3)16-26-20(2)32(40)19-31-25(26)13-14-39(31)34(42)30-18-23-15-24(11-12-28(23)38-30)36-33(41)29-17-21-9-6-7-10-27(21)37-29/h5-12,15-19,25,37-38H,4,13-14H2,1-3H3,(H,36,41)/b8-5+,22-16+. The van der Waals surface area contributed by atoms with Crippen LogP contribution in [0.1, 0.15) is 47.7 Å². The van der Waals surface area contributed by atoms with E-state index in [2.05, 4.69) is 15.3 Å². The zero-order chi connectivity index (χ0) is 31.0. The largest absolute Gasteiger partial charge is 0.465 e. The Balaban J connectivity index is 1.23. The predicted octanol–water partition coefficient (Wildman–Crippen LogP) is 6.21. The van der Waals surface area contributed by atoms with Crippen molar-refractivity contribution in [1.29, 1.82) is 0 Å². The van der Waals surface area contributed by atoms with Crippen molar-refractivity contribution < 1.29 is 23.9 Å². The van der Waals surface area contributed by atoms with Gasteiger partial charge in [-0.2, -0.15) is 0 Å². The molecule has 2 aromatic carbocycles. The van der Waals surface area contributed by atoms with E-state index in [1.807, 2.05) is 49.4 Å². The number of aromatic amines is 2. The molecule has 0 bridgehead atoms. The van der Waals surface area contributed by atoms with Gasteiger partial charge in [0.05, 0.1) is 12.7 Å². The quantitative estimate of drug-likeness (QED) is 0.134.